The minimum absolute atomic E-state index is 0. The maximum Gasteiger partial charge on any atom is 0.190 e. The van der Waals surface area contributed by atoms with Crippen LogP contribution in [-0.2, 0) is 12.8 Å². The molecule has 0 fully saturated rings. The van der Waals surface area contributed by atoms with Crippen LogP contribution in [0.5, 0.6) is 17.2 Å². The number of methoxy groups -OCH3 is 2. The smallest absolute Gasteiger partial charge is 0.190 e. The molecule has 0 saturated carbocycles. The Balaban J connectivity index is 0.00000450. The molecule has 0 heterocycles. The molecule has 0 aliphatic heterocycles. The van der Waals surface area contributed by atoms with Gasteiger partial charge in [-0.2, -0.15) is 0 Å². The summed E-state index contributed by atoms with van der Waals surface area (Å²) >= 11 is 0. The van der Waals surface area contributed by atoms with Crippen LogP contribution in [0.4, 0.5) is 0 Å². The van der Waals surface area contributed by atoms with Crippen molar-refractivity contribution in [2.45, 2.75) is 26.2 Å². The van der Waals surface area contributed by atoms with Crippen molar-refractivity contribution in [2.75, 3.05) is 41.0 Å². The molecule has 0 saturated heterocycles. The highest BCUT2D eigenvalue weighted by molar-refractivity contribution is 14.0. The number of hydrogen-bond donors (Lipinski definition) is 2. The Bertz CT molecular complexity index is 784. The molecule has 2 aromatic carbocycles. The monoisotopic (exact) mass is 527 g/mol. The fourth-order valence-electron chi connectivity index (χ4n) is 3.02. The van der Waals surface area contributed by atoms with Gasteiger partial charge >= 0.3 is 0 Å². The topological polar surface area (TPSA) is 64.1 Å². The van der Waals surface area contributed by atoms with Gasteiger partial charge in [-0.3, -0.25) is 4.99 Å². The molecule has 0 unspecified atom stereocenters. The number of hydrogen-bond acceptors (Lipinski definition) is 4. The summed E-state index contributed by atoms with van der Waals surface area (Å²) < 4.78 is 16.3. The standard InChI is InChI=1S/C23H33N3O3.HI/c1-5-29-22-17-18(11-12-21(22)28-4)9-7-14-25-23(24-2)26-15-13-19-8-6-10-20(16-19)27-3;/h6,8,10-12,16-17H,5,7,9,13-15H2,1-4H3,(H2,24,25,26);1H. The van der Waals surface area contributed by atoms with Crippen molar-refractivity contribution in [1.29, 1.82) is 0 Å². The van der Waals surface area contributed by atoms with E-state index in [0.29, 0.717) is 6.61 Å². The molecule has 0 radical (unpaired) electrons. The summed E-state index contributed by atoms with van der Waals surface area (Å²) in [5.41, 5.74) is 2.47. The molecule has 0 aliphatic rings. The van der Waals surface area contributed by atoms with Gasteiger partial charge in [-0.25, -0.2) is 0 Å². The van der Waals surface area contributed by atoms with E-state index in [-0.39, 0.29) is 24.0 Å². The van der Waals surface area contributed by atoms with Gasteiger partial charge in [0.15, 0.2) is 17.5 Å². The van der Waals surface area contributed by atoms with E-state index in [1.807, 2.05) is 25.1 Å². The molecule has 0 amide bonds. The minimum Gasteiger partial charge on any atom is -0.497 e. The quantitative estimate of drug-likeness (QED) is 0.200. The highest BCUT2D eigenvalue weighted by Gasteiger charge is 2.05. The minimum atomic E-state index is 0. The van der Waals surface area contributed by atoms with Gasteiger partial charge in [0, 0.05) is 20.1 Å². The summed E-state index contributed by atoms with van der Waals surface area (Å²) in [6.07, 6.45) is 2.86. The van der Waals surface area contributed by atoms with Gasteiger partial charge in [0.2, 0.25) is 0 Å². The lowest BCUT2D eigenvalue weighted by atomic mass is 10.1. The Morgan fingerprint density at radius 3 is 2.37 bits per heavy atom. The van der Waals surface area contributed by atoms with Gasteiger partial charge in [-0.1, -0.05) is 18.2 Å². The van der Waals surface area contributed by atoms with Gasteiger partial charge in [0.05, 0.1) is 20.8 Å². The molecule has 0 spiro atoms. The molecule has 2 rings (SSSR count). The first-order valence-corrected chi connectivity index (χ1v) is 10.1. The highest BCUT2D eigenvalue weighted by Crippen LogP contribution is 2.28. The van der Waals surface area contributed by atoms with E-state index in [2.05, 4.69) is 39.9 Å². The Labute approximate surface area is 197 Å². The largest absolute Gasteiger partial charge is 0.497 e. The Hall–Kier alpha value is -2.16. The second kappa shape index (κ2) is 14.8. The summed E-state index contributed by atoms with van der Waals surface area (Å²) in [5, 5.41) is 6.73. The number of halogens is 1. The molecule has 0 aliphatic carbocycles. The number of nitrogens with one attached hydrogen (secondary N) is 2. The van der Waals surface area contributed by atoms with Crippen LogP contribution in [0, 0.1) is 0 Å². The average molecular weight is 527 g/mol. The molecule has 166 valence electrons. The predicted molar refractivity (Wildman–Crippen MR) is 134 cm³/mol. The van der Waals surface area contributed by atoms with E-state index in [9.17, 15) is 0 Å². The van der Waals surface area contributed by atoms with E-state index < -0.39 is 0 Å². The van der Waals surface area contributed by atoms with Crippen molar-refractivity contribution in [1.82, 2.24) is 10.6 Å². The van der Waals surface area contributed by atoms with Crippen molar-refractivity contribution in [2.24, 2.45) is 4.99 Å². The molecule has 0 aromatic heterocycles. The van der Waals surface area contributed by atoms with E-state index >= 15 is 0 Å². The normalized spacial score (nSPS) is 10.7. The third-order valence-electron chi connectivity index (χ3n) is 4.53. The van der Waals surface area contributed by atoms with E-state index in [0.717, 1.165) is 55.6 Å². The van der Waals surface area contributed by atoms with Crippen molar-refractivity contribution in [3.63, 3.8) is 0 Å². The highest BCUT2D eigenvalue weighted by atomic mass is 127. The number of benzene rings is 2. The SMILES string of the molecule is CCOc1cc(CCCNC(=NC)NCCc2cccc(OC)c2)ccc1OC.I. The molecular weight excluding hydrogens is 493 g/mol. The molecule has 2 N–H and O–H groups in total. The number of nitrogens with zero attached hydrogens (tertiary/aromatic N) is 1. The third kappa shape index (κ3) is 8.69. The molecular formula is C23H34IN3O3. The number of aryl methyl sites for hydroxylation is 1. The second-order valence-electron chi connectivity index (χ2n) is 6.55. The van der Waals surface area contributed by atoms with Crippen LogP contribution in [0.15, 0.2) is 47.5 Å². The fourth-order valence-corrected chi connectivity index (χ4v) is 3.02. The maximum atomic E-state index is 5.65. The van der Waals surface area contributed by atoms with Crippen LogP contribution in [0.1, 0.15) is 24.5 Å². The summed E-state index contributed by atoms with van der Waals surface area (Å²) in [6.45, 7) is 4.25. The number of guanidine groups is 1. The Kier molecular flexibility index (Phi) is 12.7. The lowest BCUT2D eigenvalue weighted by Crippen LogP contribution is -2.38. The average Bonchev–Trinajstić information content (AvgIpc) is 2.76. The van der Waals surface area contributed by atoms with Crippen LogP contribution >= 0.6 is 24.0 Å². The van der Waals surface area contributed by atoms with E-state index in [1.165, 1.54) is 11.1 Å². The lowest BCUT2D eigenvalue weighted by Gasteiger charge is -2.13. The van der Waals surface area contributed by atoms with Crippen LogP contribution < -0.4 is 24.8 Å². The van der Waals surface area contributed by atoms with Gasteiger partial charge in [0.1, 0.15) is 5.75 Å². The van der Waals surface area contributed by atoms with Crippen molar-refractivity contribution < 1.29 is 14.2 Å². The van der Waals surface area contributed by atoms with Gasteiger partial charge < -0.3 is 24.8 Å². The number of ether oxygens (including phenoxy) is 3. The first kappa shape index (κ1) is 25.9. The van der Waals surface area contributed by atoms with Crippen LogP contribution in [-0.4, -0.2) is 46.9 Å². The van der Waals surface area contributed by atoms with E-state index in [4.69, 9.17) is 14.2 Å². The number of rotatable bonds is 11. The molecule has 0 bridgehead atoms. The maximum absolute atomic E-state index is 5.65. The number of aliphatic imine (C=N–C) groups is 1. The Morgan fingerprint density at radius 1 is 0.900 bits per heavy atom. The molecule has 30 heavy (non-hydrogen) atoms. The lowest BCUT2D eigenvalue weighted by molar-refractivity contribution is 0.310. The summed E-state index contributed by atoms with van der Waals surface area (Å²) in [5.74, 6) is 3.28. The van der Waals surface area contributed by atoms with Crippen LogP contribution in [0.2, 0.25) is 0 Å². The molecule has 2 aromatic rings. The first-order chi connectivity index (χ1) is 14.2. The van der Waals surface area contributed by atoms with E-state index in [1.54, 1.807) is 21.3 Å². The fraction of sp³-hybridized carbons (Fsp3) is 0.435. The van der Waals surface area contributed by atoms with Crippen molar-refractivity contribution >= 4 is 29.9 Å². The van der Waals surface area contributed by atoms with Gasteiger partial charge in [0.25, 0.3) is 0 Å². The summed E-state index contributed by atoms with van der Waals surface area (Å²) in [7, 11) is 5.14. The predicted octanol–water partition coefficient (Wildman–Crippen LogP) is 4.06. The molecule has 6 nitrogen and oxygen atoms in total. The van der Waals surface area contributed by atoms with Crippen LogP contribution in [0.25, 0.3) is 0 Å². The molecule has 7 heteroatoms. The zero-order chi connectivity index (χ0) is 20.9. The zero-order valence-electron chi connectivity index (χ0n) is 18.4. The first-order valence-electron chi connectivity index (χ1n) is 10.1. The Morgan fingerprint density at radius 2 is 1.67 bits per heavy atom. The summed E-state index contributed by atoms with van der Waals surface area (Å²) in [4.78, 5) is 4.29. The zero-order valence-corrected chi connectivity index (χ0v) is 20.7. The summed E-state index contributed by atoms with van der Waals surface area (Å²) in [6, 6.07) is 14.2. The van der Waals surface area contributed by atoms with Crippen molar-refractivity contribution in [3.05, 3.63) is 53.6 Å². The van der Waals surface area contributed by atoms with Crippen molar-refractivity contribution in [3.8, 4) is 17.2 Å². The molecule has 0 atom stereocenters. The second-order valence-corrected chi connectivity index (χ2v) is 6.55. The van der Waals surface area contributed by atoms with Crippen LogP contribution in [0.3, 0.4) is 0 Å². The third-order valence-corrected chi connectivity index (χ3v) is 4.53. The van der Waals surface area contributed by atoms with Gasteiger partial charge in [-0.15, -0.1) is 24.0 Å². The van der Waals surface area contributed by atoms with Gasteiger partial charge in [-0.05, 0) is 61.6 Å².